The van der Waals surface area contributed by atoms with Crippen molar-refractivity contribution in [2.45, 2.75) is 46.1 Å². The summed E-state index contributed by atoms with van der Waals surface area (Å²) in [6, 6.07) is 7.39. The Hall–Kier alpha value is -1.35. The molecule has 104 valence electrons. The van der Waals surface area contributed by atoms with Crippen molar-refractivity contribution < 1.29 is 9.90 Å². The lowest BCUT2D eigenvalue weighted by Crippen LogP contribution is -2.30. The first-order valence-electron chi connectivity index (χ1n) is 7.01. The molecule has 0 radical (unpaired) electrons. The molecule has 0 heterocycles. The van der Waals surface area contributed by atoms with E-state index >= 15 is 0 Å². The van der Waals surface area contributed by atoms with Gasteiger partial charge in [0.1, 0.15) is 0 Å². The van der Waals surface area contributed by atoms with Crippen molar-refractivity contribution in [1.82, 2.24) is 0 Å². The van der Waals surface area contributed by atoms with Gasteiger partial charge in [-0.1, -0.05) is 26.0 Å². The average Bonchev–Trinajstić information content (AvgIpc) is 2.38. The minimum atomic E-state index is 0.00132. The zero-order valence-electron chi connectivity index (χ0n) is 11.8. The number of aliphatic hydroxyl groups is 1. The third kappa shape index (κ3) is 3.80. The van der Waals surface area contributed by atoms with E-state index in [0.29, 0.717) is 5.41 Å². The molecule has 1 aliphatic rings. The second-order valence-electron chi connectivity index (χ2n) is 6.29. The molecular weight excluding hydrogens is 238 g/mol. The molecular formula is C16H23NO2. The van der Waals surface area contributed by atoms with E-state index in [1.165, 1.54) is 0 Å². The molecule has 0 atom stereocenters. The lowest BCUT2D eigenvalue weighted by molar-refractivity contribution is -0.121. The third-order valence-corrected chi connectivity index (χ3v) is 4.09. The predicted molar refractivity (Wildman–Crippen MR) is 76.7 cm³/mol. The summed E-state index contributed by atoms with van der Waals surface area (Å²) in [7, 11) is 0. The van der Waals surface area contributed by atoms with Crippen LogP contribution in [0.15, 0.2) is 24.3 Å². The lowest BCUT2D eigenvalue weighted by Gasteiger charge is -2.33. The van der Waals surface area contributed by atoms with Crippen molar-refractivity contribution in [1.29, 1.82) is 0 Å². The first-order chi connectivity index (χ1) is 9.00. The average molecular weight is 261 g/mol. The normalized spacial score (nSPS) is 19.1. The van der Waals surface area contributed by atoms with E-state index in [9.17, 15) is 4.79 Å². The summed E-state index contributed by atoms with van der Waals surface area (Å²) in [4.78, 5) is 12.2. The molecule has 1 fully saturated rings. The topological polar surface area (TPSA) is 49.3 Å². The minimum absolute atomic E-state index is 0.00132. The van der Waals surface area contributed by atoms with Gasteiger partial charge in [0.05, 0.1) is 6.61 Å². The van der Waals surface area contributed by atoms with Crippen LogP contribution in [0.4, 0.5) is 5.69 Å². The molecule has 0 saturated heterocycles. The van der Waals surface area contributed by atoms with E-state index in [2.05, 4.69) is 19.2 Å². The van der Waals surface area contributed by atoms with Crippen LogP contribution < -0.4 is 5.32 Å². The summed E-state index contributed by atoms with van der Waals surface area (Å²) < 4.78 is 0. The second kappa shape index (κ2) is 5.74. The molecule has 0 bridgehead atoms. The summed E-state index contributed by atoms with van der Waals surface area (Å²) in [6.07, 6.45) is 4.17. The van der Waals surface area contributed by atoms with Gasteiger partial charge in [0.2, 0.25) is 5.91 Å². The fourth-order valence-corrected chi connectivity index (χ4v) is 2.65. The molecule has 1 amide bonds. The second-order valence-corrected chi connectivity index (χ2v) is 6.29. The quantitative estimate of drug-likeness (QED) is 0.876. The van der Waals surface area contributed by atoms with Gasteiger partial charge in [0, 0.05) is 11.6 Å². The van der Waals surface area contributed by atoms with Crippen LogP contribution in [0.2, 0.25) is 0 Å². The van der Waals surface area contributed by atoms with Crippen LogP contribution in [-0.4, -0.2) is 11.0 Å². The highest BCUT2D eigenvalue weighted by Gasteiger charge is 2.30. The van der Waals surface area contributed by atoms with Crippen molar-refractivity contribution in [3.63, 3.8) is 0 Å². The van der Waals surface area contributed by atoms with Crippen molar-refractivity contribution in [3.05, 3.63) is 29.8 Å². The molecule has 1 aliphatic carbocycles. The number of carbonyl (C=O) groups excluding carboxylic acids is 1. The largest absolute Gasteiger partial charge is 0.392 e. The standard InChI is InChI=1S/C16H23NO2/c1-16(2)8-6-13(7-9-16)15(19)17-14-5-3-4-12(10-14)11-18/h3-5,10,13,18H,6-9,11H2,1-2H3,(H,17,19). The molecule has 2 rings (SSSR count). The van der Waals surface area contributed by atoms with Crippen LogP contribution in [0.25, 0.3) is 0 Å². The highest BCUT2D eigenvalue weighted by atomic mass is 16.3. The Kier molecular flexibility index (Phi) is 4.25. The summed E-state index contributed by atoms with van der Waals surface area (Å²) in [5, 5.41) is 12.1. The van der Waals surface area contributed by atoms with Crippen molar-refractivity contribution >= 4 is 11.6 Å². The Morgan fingerprint density at radius 3 is 2.68 bits per heavy atom. The van der Waals surface area contributed by atoms with Crippen molar-refractivity contribution in [2.75, 3.05) is 5.32 Å². The first kappa shape index (κ1) is 14.1. The van der Waals surface area contributed by atoms with Gasteiger partial charge in [0.25, 0.3) is 0 Å². The third-order valence-electron chi connectivity index (χ3n) is 4.09. The van der Waals surface area contributed by atoms with Gasteiger partial charge in [-0.05, 0) is 48.8 Å². The number of hydrogen-bond acceptors (Lipinski definition) is 2. The Morgan fingerprint density at radius 2 is 2.05 bits per heavy atom. The number of nitrogens with one attached hydrogen (secondary N) is 1. The smallest absolute Gasteiger partial charge is 0.227 e. The molecule has 1 saturated carbocycles. The Bertz CT molecular complexity index is 444. The highest BCUT2D eigenvalue weighted by Crippen LogP contribution is 2.38. The van der Waals surface area contributed by atoms with Crippen LogP contribution in [0, 0.1) is 11.3 Å². The number of carbonyl (C=O) groups is 1. The van der Waals surface area contributed by atoms with Gasteiger partial charge in [-0.2, -0.15) is 0 Å². The zero-order chi connectivity index (χ0) is 13.9. The fourth-order valence-electron chi connectivity index (χ4n) is 2.65. The number of amides is 1. The summed E-state index contributed by atoms with van der Waals surface area (Å²) in [5.74, 6) is 0.247. The SMILES string of the molecule is CC1(C)CCC(C(=O)Nc2cccc(CO)c2)CC1. The first-order valence-corrected chi connectivity index (χ1v) is 7.01. The summed E-state index contributed by atoms with van der Waals surface area (Å²) in [6.45, 7) is 4.54. The maximum Gasteiger partial charge on any atom is 0.227 e. The summed E-state index contributed by atoms with van der Waals surface area (Å²) >= 11 is 0. The van der Waals surface area contributed by atoms with Crippen LogP contribution in [0.3, 0.4) is 0 Å². The van der Waals surface area contributed by atoms with Crippen LogP contribution in [0.5, 0.6) is 0 Å². The molecule has 1 aromatic carbocycles. The molecule has 0 aromatic heterocycles. The molecule has 19 heavy (non-hydrogen) atoms. The van der Waals surface area contributed by atoms with Gasteiger partial charge >= 0.3 is 0 Å². The number of benzene rings is 1. The maximum atomic E-state index is 12.2. The number of hydrogen-bond donors (Lipinski definition) is 2. The van der Waals surface area contributed by atoms with E-state index in [-0.39, 0.29) is 18.4 Å². The van der Waals surface area contributed by atoms with Crippen LogP contribution in [-0.2, 0) is 11.4 Å². The fraction of sp³-hybridized carbons (Fsp3) is 0.562. The molecule has 0 aliphatic heterocycles. The Morgan fingerprint density at radius 1 is 1.37 bits per heavy atom. The Labute approximate surface area is 115 Å². The van der Waals surface area contributed by atoms with Gasteiger partial charge in [-0.3, -0.25) is 4.79 Å². The van der Waals surface area contributed by atoms with E-state index in [1.54, 1.807) is 0 Å². The molecule has 0 spiro atoms. The molecule has 2 N–H and O–H groups in total. The van der Waals surface area contributed by atoms with E-state index in [1.807, 2.05) is 24.3 Å². The summed E-state index contributed by atoms with van der Waals surface area (Å²) in [5.41, 5.74) is 1.98. The minimum Gasteiger partial charge on any atom is -0.392 e. The van der Waals surface area contributed by atoms with Gasteiger partial charge < -0.3 is 10.4 Å². The van der Waals surface area contributed by atoms with E-state index in [4.69, 9.17) is 5.11 Å². The maximum absolute atomic E-state index is 12.2. The Balaban J connectivity index is 1.94. The number of aliphatic hydroxyl groups excluding tert-OH is 1. The monoisotopic (exact) mass is 261 g/mol. The lowest BCUT2D eigenvalue weighted by atomic mass is 9.73. The van der Waals surface area contributed by atoms with E-state index in [0.717, 1.165) is 36.9 Å². The van der Waals surface area contributed by atoms with Gasteiger partial charge in [0.15, 0.2) is 0 Å². The molecule has 0 unspecified atom stereocenters. The highest BCUT2D eigenvalue weighted by molar-refractivity contribution is 5.92. The molecule has 3 nitrogen and oxygen atoms in total. The number of rotatable bonds is 3. The predicted octanol–water partition coefficient (Wildman–Crippen LogP) is 3.33. The van der Waals surface area contributed by atoms with Crippen LogP contribution >= 0.6 is 0 Å². The molecule has 3 heteroatoms. The zero-order valence-corrected chi connectivity index (χ0v) is 11.8. The van der Waals surface area contributed by atoms with Crippen LogP contribution in [0.1, 0.15) is 45.1 Å². The van der Waals surface area contributed by atoms with Crippen molar-refractivity contribution in [2.24, 2.45) is 11.3 Å². The van der Waals surface area contributed by atoms with Gasteiger partial charge in [-0.25, -0.2) is 0 Å². The number of anilines is 1. The van der Waals surface area contributed by atoms with E-state index < -0.39 is 0 Å². The van der Waals surface area contributed by atoms with Crippen molar-refractivity contribution in [3.8, 4) is 0 Å². The van der Waals surface area contributed by atoms with Gasteiger partial charge in [-0.15, -0.1) is 0 Å². The molecule has 1 aromatic rings.